The van der Waals surface area contributed by atoms with E-state index in [1.165, 1.54) is 16.7 Å². The second kappa shape index (κ2) is 4.02. The quantitative estimate of drug-likeness (QED) is 0.717. The molecule has 0 aliphatic carbocycles. The van der Waals surface area contributed by atoms with Crippen LogP contribution < -0.4 is 4.74 Å². The van der Waals surface area contributed by atoms with Crippen molar-refractivity contribution in [2.24, 2.45) is 0 Å². The van der Waals surface area contributed by atoms with Gasteiger partial charge in [0.1, 0.15) is 11.4 Å². The van der Waals surface area contributed by atoms with Gasteiger partial charge in [-0.3, -0.25) is 0 Å². The maximum Gasteiger partial charge on any atom is 0.128 e. The van der Waals surface area contributed by atoms with E-state index in [1.807, 2.05) is 18.2 Å². The van der Waals surface area contributed by atoms with Crippen molar-refractivity contribution in [2.45, 2.75) is 19.4 Å². The number of rotatable bonds is 1. The van der Waals surface area contributed by atoms with E-state index in [0.717, 1.165) is 5.75 Å². The van der Waals surface area contributed by atoms with Crippen LogP contribution in [-0.2, 0) is 0 Å². The molecule has 3 rings (SSSR count). The highest BCUT2D eigenvalue weighted by atomic mass is 16.5. The van der Waals surface area contributed by atoms with Gasteiger partial charge in [0.15, 0.2) is 0 Å². The molecule has 2 aromatic carbocycles. The summed E-state index contributed by atoms with van der Waals surface area (Å²) < 4.78 is 5.99. The molecule has 2 aromatic rings. The second-order valence-electron chi connectivity index (χ2n) is 5.13. The minimum Gasteiger partial charge on any atom is -0.483 e. The third-order valence-corrected chi connectivity index (χ3v) is 3.13. The van der Waals surface area contributed by atoms with Crippen LogP contribution in [0.15, 0.2) is 60.7 Å². The van der Waals surface area contributed by atoms with Crippen LogP contribution in [0.1, 0.15) is 25.0 Å². The number of ether oxygens (including phenoxy) is 1. The lowest BCUT2D eigenvalue weighted by Gasteiger charge is -2.31. The van der Waals surface area contributed by atoms with Crippen molar-refractivity contribution in [1.82, 2.24) is 0 Å². The molecule has 0 N–H and O–H groups in total. The van der Waals surface area contributed by atoms with Crippen molar-refractivity contribution in [3.05, 3.63) is 71.8 Å². The molecule has 0 unspecified atom stereocenters. The highest BCUT2D eigenvalue weighted by Gasteiger charge is 2.26. The molecule has 0 atom stereocenters. The minimum absolute atomic E-state index is 0.264. The molecule has 1 aliphatic rings. The first kappa shape index (κ1) is 11.1. The van der Waals surface area contributed by atoms with Crippen LogP contribution in [-0.4, -0.2) is 5.60 Å². The van der Waals surface area contributed by atoms with Gasteiger partial charge in [-0.25, -0.2) is 0 Å². The summed E-state index contributed by atoms with van der Waals surface area (Å²) in [5, 5.41) is 0. The van der Waals surface area contributed by atoms with E-state index in [2.05, 4.69) is 56.3 Å². The first-order valence-corrected chi connectivity index (χ1v) is 6.22. The van der Waals surface area contributed by atoms with Crippen LogP contribution in [0.3, 0.4) is 0 Å². The molecule has 18 heavy (non-hydrogen) atoms. The Balaban J connectivity index is 2.20. The molecule has 1 nitrogen and oxygen atoms in total. The Labute approximate surface area is 108 Å². The van der Waals surface area contributed by atoms with Crippen LogP contribution in [0.5, 0.6) is 5.75 Å². The molecular weight excluding hydrogens is 220 g/mol. The standard InChI is InChI=1S/C17H16O/c1-17(2)12-15(13-8-4-3-5-9-13)14-10-6-7-11-16(14)18-17/h3-12H,1-2H3. The summed E-state index contributed by atoms with van der Waals surface area (Å²) in [4.78, 5) is 0. The molecular formula is C17H16O. The van der Waals surface area contributed by atoms with Crippen molar-refractivity contribution in [2.75, 3.05) is 0 Å². The van der Waals surface area contributed by atoms with Gasteiger partial charge in [0.2, 0.25) is 0 Å². The Hall–Kier alpha value is -2.02. The SMILES string of the molecule is CC1(C)C=C(c2ccccc2)c2ccccc2O1. The Morgan fingerprint density at radius 2 is 1.50 bits per heavy atom. The Kier molecular flexibility index (Phi) is 2.48. The zero-order chi connectivity index (χ0) is 12.6. The Morgan fingerprint density at radius 3 is 2.28 bits per heavy atom. The van der Waals surface area contributed by atoms with Gasteiger partial charge >= 0.3 is 0 Å². The van der Waals surface area contributed by atoms with Crippen LogP contribution in [0, 0.1) is 0 Å². The summed E-state index contributed by atoms with van der Waals surface area (Å²) >= 11 is 0. The van der Waals surface area contributed by atoms with E-state index in [4.69, 9.17) is 4.74 Å². The Morgan fingerprint density at radius 1 is 0.833 bits per heavy atom. The van der Waals surface area contributed by atoms with E-state index < -0.39 is 0 Å². The summed E-state index contributed by atoms with van der Waals surface area (Å²) in [6.07, 6.45) is 2.20. The maximum atomic E-state index is 5.99. The largest absolute Gasteiger partial charge is 0.483 e. The number of hydrogen-bond acceptors (Lipinski definition) is 1. The molecule has 1 heteroatoms. The van der Waals surface area contributed by atoms with Crippen LogP contribution in [0.4, 0.5) is 0 Å². The molecule has 90 valence electrons. The van der Waals surface area contributed by atoms with E-state index in [0.29, 0.717) is 0 Å². The Bertz CT molecular complexity index is 594. The number of para-hydroxylation sites is 1. The summed E-state index contributed by atoms with van der Waals surface area (Å²) in [5.41, 5.74) is 3.39. The summed E-state index contributed by atoms with van der Waals surface area (Å²) in [7, 11) is 0. The van der Waals surface area contributed by atoms with Crippen molar-refractivity contribution in [1.29, 1.82) is 0 Å². The molecule has 0 amide bonds. The first-order valence-electron chi connectivity index (χ1n) is 6.22. The molecule has 0 spiro atoms. The van der Waals surface area contributed by atoms with Crippen LogP contribution in [0.2, 0.25) is 0 Å². The fourth-order valence-electron chi connectivity index (χ4n) is 2.37. The molecule has 0 fully saturated rings. The van der Waals surface area contributed by atoms with Gasteiger partial charge in [-0.2, -0.15) is 0 Å². The molecule has 0 aromatic heterocycles. The average Bonchev–Trinajstić information content (AvgIpc) is 2.38. The lowest BCUT2D eigenvalue weighted by Crippen LogP contribution is -2.29. The molecule has 0 saturated heterocycles. The molecule has 0 bridgehead atoms. The summed E-state index contributed by atoms with van der Waals surface area (Å²) in [6.45, 7) is 4.18. The van der Waals surface area contributed by atoms with E-state index in [-0.39, 0.29) is 5.60 Å². The maximum absolute atomic E-state index is 5.99. The molecule has 0 radical (unpaired) electrons. The lowest BCUT2D eigenvalue weighted by atomic mass is 9.90. The van der Waals surface area contributed by atoms with Crippen LogP contribution in [0.25, 0.3) is 5.57 Å². The summed E-state index contributed by atoms with van der Waals surface area (Å²) in [6, 6.07) is 18.7. The lowest BCUT2D eigenvalue weighted by molar-refractivity contribution is 0.158. The topological polar surface area (TPSA) is 9.23 Å². The predicted molar refractivity (Wildman–Crippen MR) is 74.7 cm³/mol. The van der Waals surface area contributed by atoms with Crippen molar-refractivity contribution < 1.29 is 4.74 Å². The number of benzene rings is 2. The van der Waals surface area contributed by atoms with Gasteiger partial charge in [0, 0.05) is 5.56 Å². The van der Waals surface area contributed by atoms with Crippen molar-refractivity contribution >= 4 is 5.57 Å². The monoisotopic (exact) mass is 236 g/mol. The minimum atomic E-state index is -0.264. The third-order valence-electron chi connectivity index (χ3n) is 3.13. The zero-order valence-corrected chi connectivity index (χ0v) is 10.7. The normalized spacial score (nSPS) is 16.4. The highest BCUT2D eigenvalue weighted by molar-refractivity contribution is 5.84. The third kappa shape index (κ3) is 1.92. The van der Waals surface area contributed by atoms with Gasteiger partial charge in [0.25, 0.3) is 0 Å². The van der Waals surface area contributed by atoms with E-state index in [9.17, 15) is 0 Å². The van der Waals surface area contributed by atoms with E-state index in [1.54, 1.807) is 0 Å². The number of fused-ring (bicyclic) bond motifs is 1. The smallest absolute Gasteiger partial charge is 0.128 e. The fourth-order valence-corrected chi connectivity index (χ4v) is 2.37. The fraction of sp³-hybridized carbons (Fsp3) is 0.176. The van der Waals surface area contributed by atoms with Gasteiger partial charge in [-0.05, 0) is 37.1 Å². The van der Waals surface area contributed by atoms with Crippen molar-refractivity contribution in [3.63, 3.8) is 0 Å². The molecule has 0 saturated carbocycles. The first-order chi connectivity index (χ1) is 8.66. The number of hydrogen-bond donors (Lipinski definition) is 0. The van der Waals surface area contributed by atoms with Crippen LogP contribution >= 0.6 is 0 Å². The second-order valence-corrected chi connectivity index (χ2v) is 5.13. The summed E-state index contributed by atoms with van der Waals surface area (Å²) in [5.74, 6) is 0.962. The highest BCUT2D eigenvalue weighted by Crippen LogP contribution is 2.38. The van der Waals surface area contributed by atoms with Gasteiger partial charge in [-0.15, -0.1) is 0 Å². The van der Waals surface area contributed by atoms with Gasteiger partial charge < -0.3 is 4.74 Å². The van der Waals surface area contributed by atoms with E-state index >= 15 is 0 Å². The zero-order valence-electron chi connectivity index (χ0n) is 10.7. The molecule has 1 aliphatic heterocycles. The van der Waals surface area contributed by atoms with Gasteiger partial charge in [0.05, 0.1) is 0 Å². The van der Waals surface area contributed by atoms with Gasteiger partial charge in [-0.1, -0.05) is 48.5 Å². The van der Waals surface area contributed by atoms with Crippen molar-refractivity contribution in [3.8, 4) is 5.75 Å². The average molecular weight is 236 g/mol. The molecule has 1 heterocycles. The predicted octanol–water partition coefficient (Wildman–Crippen LogP) is 4.29.